The monoisotopic (exact) mass is 496 g/mol. The number of benzene rings is 3. The molecule has 1 aromatic heterocycles. The molecule has 3 aromatic carbocycles. The van der Waals surface area contributed by atoms with Crippen LogP contribution in [0.25, 0.3) is 22.2 Å². The summed E-state index contributed by atoms with van der Waals surface area (Å²) in [5.41, 5.74) is 5.29. The number of aromatic nitrogens is 1. The predicted molar refractivity (Wildman–Crippen MR) is 143 cm³/mol. The number of rotatable bonds is 8. The zero-order chi connectivity index (χ0) is 26.4. The van der Waals surface area contributed by atoms with E-state index in [4.69, 9.17) is 14.5 Å². The van der Waals surface area contributed by atoms with E-state index in [0.29, 0.717) is 45.6 Å². The second-order valence-electron chi connectivity index (χ2n) is 8.68. The zero-order valence-electron chi connectivity index (χ0n) is 21.0. The lowest BCUT2D eigenvalue weighted by Crippen LogP contribution is -2.21. The minimum absolute atomic E-state index is 0.349. The normalized spacial score (nSPS) is 10.7. The van der Waals surface area contributed by atoms with Crippen LogP contribution >= 0.6 is 0 Å². The first-order valence-electron chi connectivity index (χ1n) is 12.1. The number of carbonyl (C=O) groups excluding carboxylic acids is 3. The molecule has 4 aromatic rings. The summed E-state index contributed by atoms with van der Waals surface area (Å²) in [6.45, 7) is 5.64. The van der Waals surface area contributed by atoms with Crippen LogP contribution in [0.15, 0.2) is 72.8 Å². The van der Waals surface area contributed by atoms with Crippen molar-refractivity contribution >= 4 is 34.4 Å². The number of para-hydroxylation sites is 1. The summed E-state index contributed by atoms with van der Waals surface area (Å²) < 4.78 is 10.5. The molecule has 0 spiro atoms. The molecule has 37 heavy (non-hydrogen) atoms. The second kappa shape index (κ2) is 11.5. The molecule has 0 unspecified atom stereocenters. The minimum atomic E-state index is -0.603. The summed E-state index contributed by atoms with van der Waals surface area (Å²) in [5.74, 6) is -1.52. The van der Waals surface area contributed by atoms with Gasteiger partial charge in [-0.05, 0) is 56.2 Å². The largest absolute Gasteiger partial charge is 0.462 e. The Bertz CT molecular complexity index is 1440. The number of hydrogen-bond donors (Lipinski definition) is 1. The highest BCUT2D eigenvalue weighted by atomic mass is 16.5. The van der Waals surface area contributed by atoms with Crippen LogP contribution in [0.1, 0.15) is 45.2 Å². The summed E-state index contributed by atoms with van der Waals surface area (Å²) in [5, 5.41) is 3.33. The number of aryl methyl sites for hydroxylation is 1. The van der Waals surface area contributed by atoms with Crippen LogP contribution in [0.2, 0.25) is 0 Å². The van der Waals surface area contributed by atoms with Crippen LogP contribution < -0.4 is 5.32 Å². The van der Waals surface area contributed by atoms with E-state index in [2.05, 4.69) is 5.32 Å². The van der Waals surface area contributed by atoms with Crippen molar-refractivity contribution in [3.63, 3.8) is 0 Å². The Kier molecular flexibility index (Phi) is 7.93. The second-order valence-corrected chi connectivity index (χ2v) is 8.68. The van der Waals surface area contributed by atoms with Gasteiger partial charge in [0.05, 0.1) is 28.9 Å². The summed E-state index contributed by atoms with van der Waals surface area (Å²) >= 11 is 0. The summed E-state index contributed by atoms with van der Waals surface area (Å²) in [6, 6.07) is 21.6. The Morgan fingerprint density at radius 2 is 1.54 bits per heavy atom. The Labute approximate surface area is 215 Å². The van der Waals surface area contributed by atoms with E-state index in [-0.39, 0.29) is 0 Å². The number of esters is 2. The quantitative estimate of drug-likeness (QED) is 0.306. The number of nitrogens with zero attached hydrogens (tertiary/aromatic N) is 1. The Morgan fingerprint density at radius 3 is 2.24 bits per heavy atom. The number of fused-ring (bicyclic) bond motifs is 1. The molecule has 0 radical (unpaired) electrons. The van der Waals surface area contributed by atoms with Gasteiger partial charge in [0.2, 0.25) is 0 Å². The van der Waals surface area contributed by atoms with Crippen molar-refractivity contribution in [2.45, 2.75) is 27.2 Å². The molecule has 7 heteroatoms. The topological polar surface area (TPSA) is 94.6 Å². The molecule has 0 aliphatic heterocycles. The van der Waals surface area contributed by atoms with Crippen LogP contribution in [0.5, 0.6) is 0 Å². The maximum atomic E-state index is 13.2. The number of pyridine rings is 1. The minimum Gasteiger partial charge on any atom is -0.462 e. The van der Waals surface area contributed by atoms with Crippen molar-refractivity contribution < 1.29 is 23.9 Å². The number of anilines is 1. The van der Waals surface area contributed by atoms with E-state index in [1.54, 1.807) is 24.3 Å². The number of hydrogen-bond acceptors (Lipinski definition) is 6. The molecule has 1 amide bonds. The fraction of sp³-hybridized carbons (Fsp3) is 0.200. The number of carbonyl (C=O) groups is 3. The molecule has 7 nitrogen and oxygen atoms in total. The smallest absolute Gasteiger partial charge is 0.339 e. The van der Waals surface area contributed by atoms with E-state index >= 15 is 0 Å². The van der Waals surface area contributed by atoms with Gasteiger partial charge in [0, 0.05) is 16.6 Å². The van der Waals surface area contributed by atoms with Crippen LogP contribution in [0.4, 0.5) is 5.69 Å². The lowest BCUT2D eigenvalue weighted by atomic mass is 9.97. The van der Waals surface area contributed by atoms with Gasteiger partial charge in [0.25, 0.3) is 5.91 Å². The summed E-state index contributed by atoms with van der Waals surface area (Å²) in [6.07, 6.45) is 0.737. The maximum absolute atomic E-state index is 13.2. The average Bonchev–Trinajstić information content (AvgIpc) is 2.91. The van der Waals surface area contributed by atoms with Gasteiger partial charge < -0.3 is 14.8 Å². The van der Waals surface area contributed by atoms with Crippen LogP contribution in [0, 0.1) is 13.8 Å². The van der Waals surface area contributed by atoms with Gasteiger partial charge >= 0.3 is 11.9 Å². The highest BCUT2D eigenvalue weighted by molar-refractivity contribution is 6.07. The molecule has 4 rings (SSSR count). The van der Waals surface area contributed by atoms with Crippen molar-refractivity contribution in [3.8, 4) is 11.3 Å². The molecule has 1 heterocycles. The SMILES string of the molecule is CCCOC(=O)c1ccc(NC(=O)COC(=O)c2c(C)c(-c3ccc(C)cc3)nc3ccccc23)cc1. The predicted octanol–water partition coefficient (Wildman–Crippen LogP) is 5.88. The van der Waals surface area contributed by atoms with Crippen molar-refractivity contribution in [3.05, 3.63) is 95.1 Å². The molecule has 0 fully saturated rings. The van der Waals surface area contributed by atoms with E-state index in [0.717, 1.165) is 17.5 Å². The molecule has 0 saturated carbocycles. The van der Waals surface area contributed by atoms with E-state index in [1.165, 1.54) is 0 Å². The first kappa shape index (κ1) is 25.6. The van der Waals surface area contributed by atoms with Crippen LogP contribution in [-0.4, -0.2) is 36.0 Å². The lowest BCUT2D eigenvalue weighted by molar-refractivity contribution is -0.119. The first-order valence-corrected chi connectivity index (χ1v) is 12.1. The van der Waals surface area contributed by atoms with Gasteiger partial charge in [0.1, 0.15) is 0 Å². The van der Waals surface area contributed by atoms with Crippen LogP contribution in [0.3, 0.4) is 0 Å². The highest BCUT2D eigenvalue weighted by Gasteiger charge is 2.21. The molecule has 0 atom stereocenters. The first-order chi connectivity index (χ1) is 17.9. The van der Waals surface area contributed by atoms with Gasteiger partial charge in [-0.3, -0.25) is 4.79 Å². The maximum Gasteiger partial charge on any atom is 0.339 e. The highest BCUT2D eigenvalue weighted by Crippen LogP contribution is 2.30. The van der Waals surface area contributed by atoms with Crippen molar-refractivity contribution in [1.29, 1.82) is 0 Å². The number of amides is 1. The molecule has 0 bridgehead atoms. The van der Waals surface area contributed by atoms with E-state index < -0.39 is 24.5 Å². The van der Waals surface area contributed by atoms with Gasteiger partial charge in [-0.2, -0.15) is 0 Å². The summed E-state index contributed by atoms with van der Waals surface area (Å²) in [4.78, 5) is 42.4. The third-order valence-corrected chi connectivity index (χ3v) is 5.84. The van der Waals surface area contributed by atoms with Crippen molar-refractivity contribution in [2.75, 3.05) is 18.5 Å². The molecular formula is C30H28N2O5. The van der Waals surface area contributed by atoms with Crippen molar-refractivity contribution in [1.82, 2.24) is 4.98 Å². The molecule has 188 valence electrons. The Hall–Kier alpha value is -4.52. The third kappa shape index (κ3) is 6.01. The van der Waals surface area contributed by atoms with Crippen molar-refractivity contribution in [2.24, 2.45) is 0 Å². The Morgan fingerprint density at radius 1 is 0.838 bits per heavy atom. The molecule has 1 N–H and O–H groups in total. The Balaban J connectivity index is 1.49. The zero-order valence-corrected chi connectivity index (χ0v) is 21.0. The van der Waals surface area contributed by atoms with Gasteiger partial charge in [0.15, 0.2) is 6.61 Å². The molecular weight excluding hydrogens is 468 g/mol. The van der Waals surface area contributed by atoms with Gasteiger partial charge in [-0.1, -0.05) is 55.0 Å². The molecule has 0 aliphatic carbocycles. The fourth-order valence-electron chi connectivity index (χ4n) is 3.93. The lowest BCUT2D eigenvalue weighted by Gasteiger charge is -2.14. The van der Waals surface area contributed by atoms with Gasteiger partial charge in [-0.25, -0.2) is 14.6 Å². The van der Waals surface area contributed by atoms with Gasteiger partial charge in [-0.15, -0.1) is 0 Å². The standard InChI is InChI=1S/C30H28N2O5/c1-4-17-36-29(34)22-13-15-23(16-14-22)31-26(33)18-37-30(35)27-20(3)28(21-11-9-19(2)10-12-21)32-25-8-6-5-7-24(25)27/h5-16H,4,17-18H2,1-3H3,(H,31,33). The third-order valence-electron chi connectivity index (χ3n) is 5.84. The number of ether oxygens (including phenoxy) is 2. The average molecular weight is 497 g/mol. The van der Waals surface area contributed by atoms with E-state index in [1.807, 2.05) is 69.3 Å². The molecule has 0 saturated heterocycles. The number of nitrogens with one attached hydrogen (secondary N) is 1. The van der Waals surface area contributed by atoms with Crippen LogP contribution in [-0.2, 0) is 14.3 Å². The summed E-state index contributed by atoms with van der Waals surface area (Å²) in [7, 11) is 0. The fourth-order valence-corrected chi connectivity index (χ4v) is 3.93. The van der Waals surface area contributed by atoms with E-state index in [9.17, 15) is 14.4 Å². The molecule has 0 aliphatic rings.